The summed E-state index contributed by atoms with van der Waals surface area (Å²) in [4.78, 5) is 4.37. The molecular formula is C14H18Cl2N4. The SMILES string of the molecule is Cc1nn(-c2ncc(CNCC(C)C)cc2Cl)cc1Cl. The van der Waals surface area contributed by atoms with Crippen molar-refractivity contribution >= 4 is 23.2 Å². The summed E-state index contributed by atoms with van der Waals surface area (Å²) in [5.74, 6) is 1.21. The number of hydrogen-bond acceptors (Lipinski definition) is 3. The lowest BCUT2D eigenvalue weighted by Crippen LogP contribution is -2.19. The maximum Gasteiger partial charge on any atom is 0.172 e. The van der Waals surface area contributed by atoms with Gasteiger partial charge in [-0.15, -0.1) is 0 Å². The summed E-state index contributed by atoms with van der Waals surface area (Å²) in [6, 6.07) is 1.90. The Morgan fingerprint density at radius 2 is 2.05 bits per heavy atom. The fourth-order valence-electron chi connectivity index (χ4n) is 1.79. The molecule has 0 bridgehead atoms. The third kappa shape index (κ3) is 3.72. The molecule has 0 aliphatic carbocycles. The monoisotopic (exact) mass is 312 g/mol. The van der Waals surface area contributed by atoms with Crippen LogP contribution in [0.15, 0.2) is 18.5 Å². The quantitative estimate of drug-likeness (QED) is 0.916. The Kier molecular flexibility index (Phi) is 5.02. The Hall–Kier alpha value is -1.10. The summed E-state index contributed by atoms with van der Waals surface area (Å²) in [6.45, 7) is 7.91. The maximum atomic E-state index is 6.27. The lowest BCUT2D eigenvalue weighted by Gasteiger charge is -2.09. The van der Waals surface area contributed by atoms with Gasteiger partial charge in [-0.1, -0.05) is 37.0 Å². The summed E-state index contributed by atoms with van der Waals surface area (Å²) < 4.78 is 1.60. The molecule has 0 unspecified atom stereocenters. The van der Waals surface area contributed by atoms with Gasteiger partial charge in [0.25, 0.3) is 0 Å². The van der Waals surface area contributed by atoms with Crippen LogP contribution in [0.25, 0.3) is 5.82 Å². The van der Waals surface area contributed by atoms with E-state index in [-0.39, 0.29) is 0 Å². The maximum absolute atomic E-state index is 6.27. The highest BCUT2D eigenvalue weighted by atomic mass is 35.5. The highest BCUT2D eigenvalue weighted by Gasteiger charge is 2.09. The van der Waals surface area contributed by atoms with E-state index in [1.54, 1.807) is 17.1 Å². The Morgan fingerprint density at radius 3 is 2.60 bits per heavy atom. The van der Waals surface area contributed by atoms with Crippen LogP contribution in [0.4, 0.5) is 0 Å². The van der Waals surface area contributed by atoms with E-state index < -0.39 is 0 Å². The van der Waals surface area contributed by atoms with E-state index in [2.05, 4.69) is 29.2 Å². The molecule has 0 spiro atoms. The Balaban J connectivity index is 2.13. The molecule has 0 amide bonds. The highest BCUT2D eigenvalue weighted by Crippen LogP contribution is 2.21. The van der Waals surface area contributed by atoms with Crippen LogP contribution < -0.4 is 5.32 Å². The van der Waals surface area contributed by atoms with Crippen molar-refractivity contribution in [2.45, 2.75) is 27.3 Å². The Labute approximate surface area is 129 Å². The first kappa shape index (κ1) is 15.3. The van der Waals surface area contributed by atoms with Crippen molar-refractivity contribution in [3.05, 3.63) is 39.8 Å². The standard InChI is InChI=1S/C14H18Cl2N4/c1-9(2)5-17-6-11-4-12(15)14(18-7-11)20-8-13(16)10(3)19-20/h4,7-9,17H,5-6H2,1-3H3. The van der Waals surface area contributed by atoms with E-state index in [1.165, 1.54) is 0 Å². The predicted molar refractivity (Wildman–Crippen MR) is 82.7 cm³/mol. The van der Waals surface area contributed by atoms with Crippen molar-refractivity contribution in [2.75, 3.05) is 6.54 Å². The fourth-order valence-corrected chi connectivity index (χ4v) is 2.19. The molecule has 6 heteroatoms. The van der Waals surface area contributed by atoms with Crippen LogP contribution in [0, 0.1) is 12.8 Å². The summed E-state index contributed by atoms with van der Waals surface area (Å²) in [5, 5.41) is 8.80. The van der Waals surface area contributed by atoms with E-state index in [4.69, 9.17) is 23.2 Å². The van der Waals surface area contributed by atoms with Gasteiger partial charge in [-0.2, -0.15) is 5.10 Å². The van der Waals surface area contributed by atoms with Gasteiger partial charge in [-0.05, 0) is 31.0 Å². The number of halogens is 2. The molecule has 20 heavy (non-hydrogen) atoms. The van der Waals surface area contributed by atoms with Crippen LogP contribution in [0.2, 0.25) is 10.0 Å². The van der Waals surface area contributed by atoms with Gasteiger partial charge in [0.05, 0.1) is 21.9 Å². The van der Waals surface area contributed by atoms with Crippen molar-refractivity contribution in [3.8, 4) is 5.82 Å². The topological polar surface area (TPSA) is 42.7 Å². The number of nitrogens with zero attached hydrogens (tertiary/aromatic N) is 3. The molecule has 0 saturated carbocycles. The molecule has 108 valence electrons. The third-order valence-corrected chi connectivity index (χ3v) is 3.47. The molecule has 2 rings (SSSR count). The summed E-state index contributed by atoms with van der Waals surface area (Å²) >= 11 is 12.3. The van der Waals surface area contributed by atoms with Crippen LogP contribution in [-0.2, 0) is 6.54 Å². The van der Waals surface area contributed by atoms with E-state index >= 15 is 0 Å². The molecule has 2 aromatic heterocycles. The number of rotatable bonds is 5. The van der Waals surface area contributed by atoms with Crippen molar-refractivity contribution in [1.82, 2.24) is 20.1 Å². The molecule has 4 nitrogen and oxygen atoms in total. The molecule has 0 fully saturated rings. The fraction of sp³-hybridized carbons (Fsp3) is 0.429. The first-order valence-corrected chi connectivity index (χ1v) is 7.30. The number of nitrogens with one attached hydrogen (secondary N) is 1. The van der Waals surface area contributed by atoms with Crippen molar-refractivity contribution < 1.29 is 0 Å². The third-order valence-electron chi connectivity index (χ3n) is 2.82. The van der Waals surface area contributed by atoms with Gasteiger partial charge in [0.15, 0.2) is 5.82 Å². The molecule has 0 aromatic carbocycles. The normalized spacial score (nSPS) is 11.3. The predicted octanol–water partition coefficient (Wildman–Crippen LogP) is 3.63. The largest absolute Gasteiger partial charge is 0.312 e. The molecular weight excluding hydrogens is 295 g/mol. The summed E-state index contributed by atoms with van der Waals surface area (Å²) in [6.07, 6.45) is 3.52. The van der Waals surface area contributed by atoms with E-state index in [1.807, 2.05) is 13.0 Å². The van der Waals surface area contributed by atoms with Gasteiger partial charge in [0.2, 0.25) is 0 Å². The Bertz CT molecular complexity index is 573. The smallest absolute Gasteiger partial charge is 0.172 e. The molecule has 0 aliphatic heterocycles. The molecule has 0 atom stereocenters. The minimum Gasteiger partial charge on any atom is -0.312 e. The molecule has 2 heterocycles. The average molecular weight is 313 g/mol. The lowest BCUT2D eigenvalue weighted by atomic mass is 10.2. The van der Waals surface area contributed by atoms with Crippen LogP contribution in [0.1, 0.15) is 25.1 Å². The number of hydrogen-bond donors (Lipinski definition) is 1. The average Bonchev–Trinajstić information content (AvgIpc) is 2.69. The summed E-state index contributed by atoms with van der Waals surface area (Å²) in [7, 11) is 0. The zero-order chi connectivity index (χ0) is 14.7. The highest BCUT2D eigenvalue weighted by molar-refractivity contribution is 6.32. The lowest BCUT2D eigenvalue weighted by molar-refractivity contribution is 0.552. The molecule has 2 aromatic rings. The minimum absolute atomic E-state index is 0.563. The zero-order valence-electron chi connectivity index (χ0n) is 11.8. The van der Waals surface area contributed by atoms with Gasteiger partial charge in [0, 0.05) is 12.7 Å². The molecule has 1 N–H and O–H groups in total. The Morgan fingerprint density at radius 1 is 1.30 bits per heavy atom. The van der Waals surface area contributed by atoms with E-state index in [0.717, 1.165) is 24.3 Å². The molecule has 0 radical (unpaired) electrons. The minimum atomic E-state index is 0.563. The second-order valence-corrected chi connectivity index (χ2v) is 6.00. The first-order valence-electron chi connectivity index (χ1n) is 6.54. The van der Waals surface area contributed by atoms with Crippen LogP contribution in [-0.4, -0.2) is 21.3 Å². The van der Waals surface area contributed by atoms with Crippen LogP contribution in [0.5, 0.6) is 0 Å². The van der Waals surface area contributed by atoms with Crippen molar-refractivity contribution in [2.24, 2.45) is 5.92 Å². The van der Waals surface area contributed by atoms with E-state index in [9.17, 15) is 0 Å². The number of aromatic nitrogens is 3. The number of aryl methyl sites for hydroxylation is 1. The second-order valence-electron chi connectivity index (χ2n) is 5.18. The van der Waals surface area contributed by atoms with Gasteiger partial charge < -0.3 is 5.32 Å². The van der Waals surface area contributed by atoms with E-state index in [0.29, 0.717) is 21.8 Å². The van der Waals surface area contributed by atoms with Gasteiger partial charge >= 0.3 is 0 Å². The zero-order valence-corrected chi connectivity index (χ0v) is 13.3. The van der Waals surface area contributed by atoms with Crippen LogP contribution >= 0.6 is 23.2 Å². The van der Waals surface area contributed by atoms with Crippen LogP contribution in [0.3, 0.4) is 0 Å². The van der Waals surface area contributed by atoms with Gasteiger partial charge in [-0.25, -0.2) is 9.67 Å². The van der Waals surface area contributed by atoms with Crippen molar-refractivity contribution in [1.29, 1.82) is 0 Å². The van der Waals surface area contributed by atoms with Gasteiger partial charge in [0.1, 0.15) is 0 Å². The van der Waals surface area contributed by atoms with Gasteiger partial charge in [-0.3, -0.25) is 0 Å². The molecule has 0 saturated heterocycles. The van der Waals surface area contributed by atoms with Crippen molar-refractivity contribution in [3.63, 3.8) is 0 Å². The number of pyridine rings is 1. The summed E-state index contributed by atoms with van der Waals surface area (Å²) in [5.41, 5.74) is 1.81. The second kappa shape index (κ2) is 6.57. The first-order chi connectivity index (χ1) is 9.47. The molecule has 0 aliphatic rings.